The molecule has 8 heteroatoms. The fraction of sp³-hybridized carbons (Fsp3) is 0.368. The summed E-state index contributed by atoms with van der Waals surface area (Å²) >= 11 is 0. The molecule has 0 unspecified atom stereocenters. The highest BCUT2D eigenvalue weighted by atomic mass is 16.5. The summed E-state index contributed by atoms with van der Waals surface area (Å²) in [6.45, 7) is 2.58. The van der Waals surface area contributed by atoms with Crippen LogP contribution in [-0.2, 0) is 14.3 Å². The van der Waals surface area contributed by atoms with E-state index in [1.807, 2.05) is 6.92 Å². The zero-order valence-corrected chi connectivity index (χ0v) is 15.2. The molecule has 0 fully saturated rings. The van der Waals surface area contributed by atoms with Gasteiger partial charge >= 0.3 is 11.9 Å². The number of rotatable bonds is 11. The molecule has 0 heterocycles. The molecule has 144 valence electrons. The number of para-hydroxylation sites is 1. The van der Waals surface area contributed by atoms with E-state index in [1.165, 1.54) is 12.3 Å². The van der Waals surface area contributed by atoms with Gasteiger partial charge in [-0.05, 0) is 25.0 Å². The zero-order valence-electron chi connectivity index (χ0n) is 15.2. The highest BCUT2D eigenvalue weighted by Gasteiger charge is 2.16. The molecule has 0 aliphatic carbocycles. The molecule has 0 saturated carbocycles. The van der Waals surface area contributed by atoms with Gasteiger partial charge in [0.2, 0.25) is 0 Å². The topological polar surface area (TPSA) is 129 Å². The number of anilines is 1. The SMILES string of the molecule is CCCCOC(=O)c1ccccc1NC(=O)/C(C#N)=C\NCCCC(=O)O. The number of nitrogens with one attached hydrogen (secondary N) is 2. The number of amides is 1. The first-order valence-electron chi connectivity index (χ1n) is 8.62. The normalized spacial score (nSPS) is 10.6. The minimum atomic E-state index is -0.915. The quantitative estimate of drug-likeness (QED) is 0.235. The van der Waals surface area contributed by atoms with Crippen LogP contribution in [0.15, 0.2) is 36.0 Å². The standard InChI is InChI=1S/C19H23N3O5/c1-2-3-11-27-19(26)15-7-4-5-8-16(15)22-18(25)14(12-20)13-21-10-6-9-17(23)24/h4-5,7-8,13,21H,2-3,6,9-11H2,1H3,(H,22,25)(H,23,24)/b14-13-. The molecule has 0 saturated heterocycles. The second-order valence-electron chi connectivity index (χ2n) is 5.61. The highest BCUT2D eigenvalue weighted by molar-refractivity contribution is 6.09. The predicted molar refractivity (Wildman–Crippen MR) is 98.8 cm³/mol. The summed E-state index contributed by atoms with van der Waals surface area (Å²) in [4.78, 5) is 34.8. The van der Waals surface area contributed by atoms with Gasteiger partial charge in [-0.2, -0.15) is 5.26 Å². The van der Waals surface area contributed by atoms with Crippen LogP contribution in [0.1, 0.15) is 43.0 Å². The average molecular weight is 373 g/mol. The first-order valence-corrected chi connectivity index (χ1v) is 8.62. The van der Waals surface area contributed by atoms with Gasteiger partial charge in [-0.1, -0.05) is 25.5 Å². The van der Waals surface area contributed by atoms with Gasteiger partial charge < -0.3 is 20.5 Å². The second kappa shape index (κ2) is 12.1. The Labute approximate surface area is 157 Å². The van der Waals surface area contributed by atoms with E-state index < -0.39 is 17.8 Å². The first kappa shape index (κ1) is 21.7. The molecule has 0 aromatic heterocycles. The maximum absolute atomic E-state index is 12.3. The predicted octanol–water partition coefficient (Wildman–Crippen LogP) is 2.44. The van der Waals surface area contributed by atoms with Crippen molar-refractivity contribution in [2.24, 2.45) is 0 Å². The van der Waals surface area contributed by atoms with Gasteiger partial charge in [0.25, 0.3) is 5.91 Å². The van der Waals surface area contributed by atoms with E-state index in [0.29, 0.717) is 19.6 Å². The molecule has 0 bridgehead atoms. The Morgan fingerprint density at radius 1 is 1.26 bits per heavy atom. The Morgan fingerprint density at radius 3 is 2.67 bits per heavy atom. The van der Waals surface area contributed by atoms with E-state index in [-0.39, 0.29) is 23.2 Å². The molecular formula is C19H23N3O5. The first-order chi connectivity index (χ1) is 13.0. The number of benzene rings is 1. The third-order valence-electron chi connectivity index (χ3n) is 3.45. The summed E-state index contributed by atoms with van der Waals surface area (Å²) < 4.78 is 5.16. The van der Waals surface area contributed by atoms with Crippen LogP contribution < -0.4 is 10.6 Å². The molecule has 0 radical (unpaired) electrons. The summed E-state index contributed by atoms with van der Waals surface area (Å²) in [6, 6.07) is 8.14. The van der Waals surface area contributed by atoms with Gasteiger partial charge in [-0.3, -0.25) is 9.59 Å². The molecule has 0 aliphatic rings. The lowest BCUT2D eigenvalue weighted by molar-refractivity contribution is -0.137. The third-order valence-corrected chi connectivity index (χ3v) is 3.45. The van der Waals surface area contributed by atoms with E-state index in [1.54, 1.807) is 24.3 Å². The number of ether oxygens (including phenoxy) is 1. The van der Waals surface area contributed by atoms with E-state index in [2.05, 4.69) is 10.6 Å². The molecule has 0 atom stereocenters. The number of carbonyl (C=O) groups excluding carboxylic acids is 2. The van der Waals surface area contributed by atoms with Crippen molar-refractivity contribution in [1.29, 1.82) is 5.26 Å². The van der Waals surface area contributed by atoms with Crippen LogP contribution in [-0.4, -0.2) is 36.1 Å². The minimum absolute atomic E-state index is 0.0115. The fourth-order valence-corrected chi connectivity index (χ4v) is 2.01. The summed E-state index contributed by atoms with van der Waals surface area (Å²) in [5.74, 6) is -2.15. The molecule has 1 aromatic rings. The van der Waals surface area contributed by atoms with Gasteiger partial charge in [0, 0.05) is 19.2 Å². The van der Waals surface area contributed by atoms with Crippen molar-refractivity contribution < 1.29 is 24.2 Å². The summed E-state index contributed by atoms with van der Waals surface area (Å²) in [7, 11) is 0. The average Bonchev–Trinajstić information content (AvgIpc) is 2.64. The Kier molecular flexibility index (Phi) is 9.71. The Hall–Kier alpha value is -3.34. The van der Waals surface area contributed by atoms with Crippen LogP contribution in [0.4, 0.5) is 5.69 Å². The van der Waals surface area contributed by atoms with Crippen molar-refractivity contribution in [3.8, 4) is 6.07 Å². The monoisotopic (exact) mass is 373 g/mol. The number of aliphatic carboxylic acids is 1. The lowest BCUT2D eigenvalue weighted by atomic mass is 10.1. The molecular weight excluding hydrogens is 350 g/mol. The minimum Gasteiger partial charge on any atom is -0.481 e. The van der Waals surface area contributed by atoms with Crippen LogP contribution >= 0.6 is 0 Å². The van der Waals surface area contributed by atoms with Crippen LogP contribution in [0.25, 0.3) is 0 Å². The number of carboxylic acid groups (broad SMARTS) is 1. The van der Waals surface area contributed by atoms with E-state index >= 15 is 0 Å². The van der Waals surface area contributed by atoms with Crippen molar-refractivity contribution in [2.45, 2.75) is 32.6 Å². The van der Waals surface area contributed by atoms with Crippen LogP contribution in [0.5, 0.6) is 0 Å². The number of nitriles is 1. The number of unbranched alkanes of at least 4 members (excludes halogenated alkanes) is 1. The summed E-state index contributed by atoms with van der Waals surface area (Å²) in [5, 5.41) is 23.0. The van der Waals surface area contributed by atoms with E-state index in [4.69, 9.17) is 15.1 Å². The lowest BCUT2D eigenvalue weighted by Gasteiger charge is -2.10. The Balaban J connectivity index is 2.73. The van der Waals surface area contributed by atoms with Crippen molar-refractivity contribution in [3.05, 3.63) is 41.6 Å². The third kappa shape index (κ3) is 8.05. The molecule has 0 spiro atoms. The van der Waals surface area contributed by atoms with Gasteiger partial charge in [0.1, 0.15) is 11.6 Å². The maximum atomic E-state index is 12.3. The molecule has 1 rings (SSSR count). The van der Waals surface area contributed by atoms with Crippen LogP contribution in [0.2, 0.25) is 0 Å². The Morgan fingerprint density at radius 2 is 2.00 bits per heavy atom. The molecule has 27 heavy (non-hydrogen) atoms. The maximum Gasteiger partial charge on any atom is 0.340 e. The second-order valence-corrected chi connectivity index (χ2v) is 5.61. The number of nitrogens with zero attached hydrogens (tertiary/aromatic N) is 1. The lowest BCUT2D eigenvalue weighted by Crippen LogP contribution is -2.19. The van der Waals surface area contributed by atoms with Gasteiger partial charge in [0.15, 0.2) is 0 Å². The number of carboxylic acids is 1. The van der Waals surface area contributed by atoms with Crippen LogP contribution in [0.3, 0.4) is 0 Å². The largest absolute Gasteiger partial charge is 0.481 e. The highest BCUT2D eigenvalue weighted by Crippen LogP contribution is 2.17. The van der Waals surface area contributed by atoms with Crippen molar-refractivity contribution in [2.75, 3.05) is 18.5 Å². The van der Waals surface area contributed by atoms with Crippen molar-refractivity contribution in [3.63, 3.8) is 0 Å². The van der Waals surface area contributed by atoms with Crippen LogP contribution in [0, 0.1) is 11.3 Å². The number of esters is 1. The number of hydrogen-bond donors (Lipinski definition) is 3. The number of hydrogen-bond acceptors (Lipinski definition) is 6. The van der Waals surface area contributed by atoms with Gasteiger partial charge in [-0.25, -0.2) is 4.79 Å². The van der Waals surface area contributed by atoms with Gasteiger partial charge in [0.05, 0.1) is 17.9 Å². The van der Waals surface area contributed by atoms with Crippen molar-refractivity contribution >= 4 is 23.5 Å². The molecule has 8 nitrogen and oxygen atoms in total. The Bertz CT molecular complexity index is 737. The molecule has 3 N–H and O–H groups in total. The smallest absolute Gasteiger partial charge is 0.340 e. The zero-order chi connectivity index (χ0) is 20.1. The molecule has 0 aliphatic heterocycles. The van der Waals surface area contributed by atoms with E-state index in [9.17, 15) is 14.4 Å². The van der Waals surface area contributed by atoms with Gasteiger partial charge in [-0.15, -0.1) is 0 Å². The van der Waals surface area contributed by atoms with E-state index in [0.717, 1.165) is 12.8 Å². The fourth-order valence-electron chi connectivity index (χ4n) is 2.01. The summed E-state index contributed by atoms with van der Waals surface area (Å²) in [5.41, 5.74) is 0.254. The molecule has 1 amide bonds. The van der Waals surface area contributed by atoms with Crippen molar-refractivity contribution in [1.82, 2.24) is 5.32 Å². The number of carbonyl (C=O) groups is 3. The molecule has 1 aromatic carbocycles. The summed E-state index contributed by atoms with van der Waals surface area (Å²) in [6.07, 6.45) is 3.21.